The van der Waals surface area contributed by atoms with Gasteiger partial charge in [0.05, 0.1) is 4.90 Å². The van der Waals surface area contributed by atoms with E-state index in [0.29, 0.717) is 12.8 Å². The van der Waals surface area contributed by atoms with Gasteiger partial charge < -0.3 is 5.32 Å². The molecule has 27 heavy (non-hydrogen) atoms. The van der Waals surface area contributed by atoms with E-state index >= 15 is 0 Å². The summed E-state index contributed by atoms with van der Waals surface area (Å²) in [6.07, 6.45) is 2.70. The maximum atomic E-state index is 12.3. The smallest absolute Gasteiger partial charge is 0.240 e. The molecule has 0 spiro atoms. The lowest BCUT2D eigenvalue weighted by atomic mass is 10.1. The van der Waals surface area contributed by atoms with Crippen LogP contribution in [-0.4, -0.2) is 20.4 Å². The number of benzene rings is 2. The predicted octanol–water partition coefficient (Wildman–Crippen LogP) is 4.08. The van der Waals surface area contributed by atoms with Gasteiger partial charge in [-0.3, -0.25) is 4.79 Å². The third-order valence-electron chi connectivity index (χ3n) is 4.54. The molecule has 2 N–H and O–H groups in total. The van der Waals surface area contributed by atoms with Crippen LogP contribution >= 0.6 is 15.9 Å². The van der Waals surface area contributed by atoms with Crippen LogP contribution in [-0.2, 0) is 21.2 Å². The molecule has 144 valence electrons. The highest BCUT2D eigenvalue weighted by Gasteiger charge is 2.27. The second-order valence-electron chi connectivity index (χ2n) is 7.00. The summed E-state index contributed by atoms with van der Waals surface area (Å²) < 4.78 is 28.0. The van der Waals surface area contributed by atoms with Crippen molar-refractivity contribution in [1.82, 2.24) is 4.72 Å². The highest BCUT2D eigenvalue weighted by Crippen LogP contribution is 2.25. The van der Waals surface area contributed by atoms with Crippen LogP contribution in [0.3, 0.4) is 0 Å². The van der Waals surface area contributed by atoms with E-state index < -0.39 is 10.0 Å². The van der Waals surface area contributed by atoms with Gasteiger partial charge in [-0.2, -0.15) is 0 Å². The third-order valence-corrected chi connectivity index (χ3v) is 6.53. The third kappa shape index (κ3) is 5.40. The fourth-order valence-electron chi connectivity index (χ4n) is 2.89. The van der Waals surface area contributed by atoms with Gasteiger partial charge in [-0.25, -0.2) is 13.1 Å². The maximum absolute atomic E-state index is 12.3. The minimum absolute atomic E-state index is 0.0596. The first-order valence-electron chi connectivity index (χ1n) is 8.92. The molecule has 1 amide bonds. The second kappa shape index (κ2) is 8.12. The van der Waals surface area contributed by atoms with Gasteiger partial charge in [-0.1, -0.05) is 28.1 Å². The fraction of sp³-hybridized carbons (Fsp3) is 0.350. The van der Waals surface area contributed by atoms with Crippen LogP contribution in [0.2, 0.25) is 0 Å². The molecule has 0 saturated heterocycles. The number of carbonyl (C=O) groups is 1. The Hall–Kier alpha value is -1.70. The van der Waals surface area contributed by atoms with E-state index in [4.69, 9.17) is 0 Å². The molecule has 1 aliphatic rings. The van der Waals surface area contributed by atoms with E-state index in [-0.39, 0.29) is 16.8 Å². The summed E-state index contributed by atoms with van der Waals surface area (Å²) in [6.45, 7) is 3.92. The number of aryl methyl sites for hydroxylation is 3. The predicted molar refractivity (Wildman–Crippen MR) is 110 cm³/mol. The molecular weight excluding hydrogens is 428 g/mol. The minimum atomic E-state index is -3.43. The topological polar surface area (TPSA) is 75.3 Å². The van der Waals surface area contributed by atoms with Gasteiger partial charge in [0.1, 0.15) is 0 Å². The molecular formula is C20H23BrN2O3S. The number of halogens is 1. The van der Waals surface area contributed by atoms with Gasteiger partial charge >= 0.3 is 0 Å². The van der Waals surface area contributed by atoms with Gasteiger partial charge in [-0.05, 0) is 74.1 Å². The van der Waals surface area contributed by atoms with Gasteiger partial charge in [0.15, 0.2) is 0 Å². The Labute approximate surface area is 168 Å². The molecule has 0 unspecified atom stereocenters. The Morgan fingerprint density at radius 1 is 1.11 bits per heavy atom. The van der Waals surface area contributed by atoms with E-state index in [1.165, 1.54) is 0 Å². The molecule has 7 heteroatoms. The molecule has 1 aliphatic carbocycles. The standard InChI is InChI=1S/C20H23BrN2O3S/c1-13-11-16(21)12-14(2)20(13)22-19(24)10-5-15-3-8-18(9-4-15)27(25,26)23-17-6-7-17/h3-4,8-9,11-12,17,23H,5-7,10H2,1-2H3,(H,22,24). The second-order valence-corrected chi connectivity index (χ2v) is 9.63. The molecule has 0 radical (unpaired) electrons. The van der Waals surface area contributed by atoms with Gasteiger partial charge in [-0.15, -0.1) is 0 Å². The van der Waals surface area contributed by atoms with E-state index in [1.54, 1.807) is 24.3 Å². The summed E-state index contributed by atoms with van der Waals surface area (Å²) in [6, 6.07) is 10.8. The molecule has 2 aromatic carbocycles. The van der Waals surface area contributed by atoms with Crippen molar-refractivity contribution in [1.29, 1.82) is 0 Å². The normalized spacial score (nSPS) is 14.2. The van der Waals surface area contributed by atoms with E-state index in [2.05, 4.69) is 26.0 Å². The number of carbonyl (C=O) groups excluding carboxylic acids is 1. The largest absolute Gasteiger partial charge is 0.326 e. The van der Waals surface area contributed by atoms with Crippen molar-refractivity contribution in [3.8, 4) is 0 Å². The number of rotatable bonds is 7. The molecule has 3 rings (SSSR count). The molecule has 1 fully saturated rings. The molecule has 0 heterocycles. The average Bonchev–Trinajstić information content (AvgIpc) is 3.40. The van der Waals surface area contributed by atoms with Crippen molar-refractivity contribution in [2.24, 2.45) is 0 Å². The first-order chi connectivity index (χ1) is 12.7. The average molecular weight is 451 g/mol. The number of nitrogens with one attached hydrogen (secondary N) is 2. The maximum Gasteiger partial charge on any atom is 0.240 e. The van der Waals surface area contributed by atoms with Crippen molar-refractivity contribution in [2.45, 2.75) is 50.5 Å². The number of sulfonamides is 1. The van der Waals surface area contributed by atoms with Crippen molar-refractivity contribution < 1.29 is 13.2 Å². The Kier molecular flexibility index (Phi) is 6.03. The lowest BCUT2D eigenvalue weighted by Crippen LogP contribution is -2.25. The van der Waals surface area contributed by atoms with Crippen LogP contribution in [0.25, 0.3) is 0 Å². The summed E-state index contributed by atoms with van der Waals surface area (Å²) in [5.41, 5.74) is 3.79. The van der Waals surface area contributed by atoms with E-state index in [9.17, 15) is 13.2 Å². The highest BCUT2D eigenvalue weighted by atomic mass is 79.9. The Bertz CT molecular complexity index is 929. The summed E-state index contributed by atoms with van der Waals surface area (Å²) in [5.74, 6) is -0.0596. The van der Waals surface area contributed by atoms with Crippen LogP contribution < -0.4 is 10.0 Å². The zero-order chi connectivity index (χ0) is 19.6. The monoisotopic (exact) mass is 450 g/mol. The molecule has 2 aromatic rings. The fourth-order valence-corrected chi connectivity index (χ4v) is 4.88. The number of amides is 1. The van der Waals surface area contributed by atoms with Crippen LogP contribution in [0.15, 0.2) is 45.8 Å². The van der Waals surface area contributed by atoms with Crippen LogP contribution in [0.1, 0.15) is 36.0 Å². The summed E-state index contributed by atoms with van der Waals surface area (Å²) in [5, 5.41) is 2.97. The number of anilines is 1. The molecule has 1 saturated carbocycles. The van der Waals surface area contributed by atoms with Gasteiger partial charge in [0.2, 0.25) is 15.9 Å². The summed E-state index contributed by atoms with van der Waals surface area (Å²) >= 11 is 3.45. The SMILES string of the molecule is Cc1cc(Br)cc(C)c1NC(=O)CCc1ccc(S(=O)(=O)NC2CC2)cc1. The summed E-state index contributed by atoms with van der Waals surface area (Å²) in [4.78, 5) is 12.6. The molecule has 0 bridgehead atoms. The first-order valence-corrected chi connectivity index (χ1v) is 11.2. The molecule has 0 aromatic heterocycles. The Balaban J connectivity index is 1.57. The van der Waals surface area contributed by atoms with E-state index in [0.717, 1.165) is 39.7 Å². The lowest BCUT2D eigenvalue weighted by molar-refractivity contribution is -0.116. The number of hydrogen-bond donors (Lipinski definition) is 2. The van der Waals surface area contributed by atoms with E-state index in [1.807, 2.05) is 26.0 Å². The van der Waals surface area contributed by atoms with Crippen molar-refractivity contribution in [2.75, 3.05) is 5.32 Å². The van der Waals surface area contributed by atoms with Crippen LogP contribution in [0.4, 0.5) is 5.69 Å². The first kappa shape index (κ1) is 20.0. The molecule has 0 atom stereocenters. The Morgan fingerprint density at radius 2 is 1.70 bits per heavy atom. The minimum Gasteiger partial charge on any atom is -0.326 e. The van der Waals surface area contributed by atoms with Crippen molar-refractivity contribution in [3.63, 3.8) is 0 Å². The van der Waals surface area contributed by atoms with Crippen LogP contribution in [0.5, 0.6) is 0 Å². The van der Waals surface area contributed by atoms with Crippen molar-refractivity contribution in [3.05, 3.63) is 57.6 Å². The van der Waals surface area contributed by atoms with Gasteiger partial charge in [0, 0.05) is 22.6 Å². The highest BCUT2D eigenvalue weighted by molar-refractivity contribution is 9.10. The quantitative estimate of drug-likeness (QED) is 0.666. The zero-order valence-electron chi connectivity index (χ0n) is 15.4. The zero-order valence-corrected chi connectivity index (χ0v) is 17.8. The molecule has 0 aliphatic heterocycles. The van der Waals surface area contributed by atoms with Crippen molar-refractivity contribution >= 4 is 37.5 Å². The van der Waals surface area contributed by atoms with Gasteiger partial charge in [0.25, 0.3) is 0 Å². The summed E-state index contributed by atoms with van der Waals surface area (Å²) in [7, 11) is -3.43. The Morgan fingerprint density at radius 3 is 2.26 bits per heavy atom. The molecule has 5 nitrogen and oxygen atoms in total. The lowest BCUT2D eigenvalue weighted by Gasteiger charge is -2.12. The van der Waals surface area contributed by atoms with Crippen LogP contribution in [0, 0.1) is 13.8 Å². The number of hydrogen-bond acceptors (Lipinski definition) is 3.